The molecule has 0 aliphatic heterocycles. The van der Waals surface area contributed by atoms with Crippen molar-refractivity contribution in [2.45, 2.75) is 0 Å². The van der Waals surface area contributed by atoms with Crippen molar-refractivity contribution >= 4 is 5.91 Å². The molecule has 0 saturated heterocycles. The number of hydrogen-bond donors (Lipinski definition) is 2. The predicted octanol–water partition coefficient (Wildman–Crippen LogP) is 0.279. The van der Waals surface area contributed by atoms with E-state index in [4.69, 9.17) is 10.5 Å². The van der Waals surface area contributed by atoms with E-state index in [0.29, 0.717) is 18.8 Å². The van der Waals surface area contributed by atoms with Gasteiger partial charge in [0.25, 0.3) is 5.91 Å². The second kappa shape index (κ2) is 5.98. The molecule has 1 aromatic carbocycles. The first-order valence-corrected chi connectivity index (χ1v) is 4.57. The summed E-state index contributed by atoms with van der Waals surface area (Å²) in [6.45, 7) is 0.722. The lowest BCUT2D eigenvalue weighted by Gasteiger charge is -2.06. The third kappa shape index (κ3) is 4.42. The summed E-state index contributed by atoms with van der Waals surface area (Å²) in [5, 5.41) is 2.55. The highest BCUT2D eigenvalue weighted by Gasteiger charge is 2.01. The first kappa shape index (κ1) is 11.5. The molecule has 0 saturated carbocycles. The van der Waals surface area contributed by atoms with Gasteiger partial charge in [0, 0.05) is 13.1 Å². The smallest absolute Gasteiger partial charge is 0.257 e. The molecule has 1 rings (SSSR count). The average Bonchev–Trinajstić information content (AvgIpc) is 2.25. The van der Waals surface area contributed by atoms with E-state index in [1.165, 1.54) is 24.3 Å². The molecule has 0 aromatic heterocycles. The number of hydrogen-bond acceptors (Lipinski definition) is 3. The van der Waals surface area contributed by atoms with Crippen LogP contribution in [0.1, 0.15) is 0 Å². The van der Waals surface area contributed by atoms with E-state index in [1.807, 2.05) is 0 Å². The van der Waals surface area contributed by atoms with Gasteiger partial charge in [-0.25, -0.2) is 4.39 Å². The number of amides is 1. The van der Waals surface area contributed by atoms with Crippen molar-refractivity contribution in [1.29, 1.82) is 0 Å². The summed E-state index contributed by atoms with van der Waals surface area (Å²) in [5.41, 5.74) is 5.20. The first-order chi connectivity index (χ1) is 7.22. The van der Waals surface area contributed by atoms with Gasteiger partial charge in [-0.05, 0) is 24.3 Å². The lowest BCUT2D eigenvalue weighted by atomic mass is 10.3. The van der Waals surface area contributed by atoms with Gasteiger partial charge in [0.05, 0.1) is 0 Å². The van der Waals surface area contributed by atoms with Crippen LogP contribution in [-0.4, -0.2) is 25.6 Å². The van der Waals surface area contributed by atoms with E-state index >= 15 is 0 Å². The summed E-state index contributed by atoms with van der Waals surface area (Å²) in [5.74, 6) is -0.126. The van der Waals surface area contributed by atoms with E-state index in [1.54, 1.807) is 0 Å². The molecule has 1 aromatic rings. The fourth-order valence-electron chi connectivity index (χ4n) is 0.942. The molecule has 4 nitrogen and oxygen atoms in total. The number of carbonyl (C=O) groups excluding carboxylic acids is 1. The van der Waals surface area contributed by atoms with Crippen LogP contribution in [0.25, 0.3) is 0 Å². The molecule has 5 heteroatoms. The first-order valence-electron chi connectivity index (χ1n) is 4.57. The zero-order valence-electron chi connectivity index (χ0n) is 8.20. The lowest BCUT2D eigenvalue weighted by Crippen LogP contribution is -2.32. The highest BCUT2D eigenvalue weighted by Crippen LogP contribution is 2.10. The number of benzene rings is 1. The summed E-state index contributed by atoms with van der Waals surface area (Å²) in [6.07, 6.45) is 0. The summed E-state index contributed by atoms with van der Waals surface area (Å²) in [7, 11) is 0. The second-order valence-electron chi connectivity index (χ2n) is 2.88. The fourth-order valence-corrected chi connectivity index (χ4v) is 0.942. The third-order valence-electron chi connectivity index (χ3n) is 1.65. The maximum atomic E-state index is 12.5. The van der Waals surface area contributed by atoms with Crippen molar-refractivity contribution in [2.24, 2.45) is 5.73 Å². The molecule has 82 valence electrons. The average molecular weight is 212 g/mol. The monoisotopic (exact) mass is 212 g/mol. The number of carbonyl (C=O) groups is 1. The predicted molar refractivity (Wildman–Crippen MR) is 54.0 cm³/mol. The molecule has 15 heavy (non-hydrogen) atoms. The lowest BCUT2D eigenvalue weighted by molar-refractivity contribution is -0.123. The standard InChI is InChI=1S/C10H13FN2O2/c11-8-1-3-9(4-2-8)15-7-10(14)13-6-5-12/h1-4H,5-7,12H2,(H,13,14). The van der Waals surface area contributed by atoms with Crippen molar-refractivity contribution in [3.8, 4) is 5.75 Å². The van der Waals surface area contributed by atoms with Crippen molar-refractivity contribution in [3.63, 3.8) is 0 Å². The molecule has 0 aliphatic rings. The van der Waals surface area contributed by atoms with E-state index in [0.717, 1.165) is 0 Å². The fraction of sp³-hybridized carbons (Fsp3) is 0.300. The highest BCUT2D eigenvalue weighted by atomic mass is 19.1. The molecular weight excluding hydrogens is 199 g/mol. The Kier molecular flexibility index (Phi) is 4.56. The Morgan fingerprint density at radius 2 is 2.07 bits per heavy atom. The van der Waals surface area contributed by atoms with Gasteiger partial charge in [-0.1, -0.05) is 0 Å². The Balaban J connectivity index is 2.30. The molecule has 0 bridgehead atoms. The van der Waals surface area contributed by atoms with Crippen LogP contribution in [0.2, 0.25) is 0 Å². The van der Waals surface area contributed by atoms with Crippen LogP contribution >= 0.6 is 0 Å². The van der Waals surface area contributed by atoms with Crippen LogP contribution in [-0.2, 0) is 4.79 Å². The van der Waals surface area contributed by atoms with Gasteiger partial charge in [0.1, 0.15) is 11.6 Å². The molecule has 1 amide bonds. The van der Waals surface area contributed by atoms with Crippen molar-refractivity contribution in [2.75, 3.05) is 19.7 Å². The molecular formula is C10H13FN2O2. The van der Waals surface area contributed by atoms with Gasteiger partial charge in [0.2, 0.25) is 0 Å². The highest BCUT2D eigenvalue weighted by molar-refractivity contribution is 5.77. The largest absolute Gasteiger partial charge is 0.484 e. The van der Waals surface area contributed by atoms with Gasteiger partial charge in [-0.15, -0.1) is 0 Å². The number of nitrogens with one attached hydrogen (secondary N) is 1. The van der Waals surface area contributed by atoms with Gasteiger partial charge in [-0.2, -0.15) is 0 Å². The number of rotatable bonds is 5. The molecule has 0 atom stereocenters. The topological polar surface area (TPSA) is 64.3 Å². The number of ether oxygens (including phenoxy) is 1. The van der Waals surface area contributed by atoms with Crippen LogP contribution in [0.15, 0.2) is 24.3 Å². The number of nitrogens with two attached hydrogens (primary N) is 1. The van der Waals surface area contributed by atoms with E-state index in [9.17, 15) is 9.18 Å². The molecule has 0 aliphatic carbocycles. The third-order valence-corrected chi connectivity index (χ3v) is 1.65. The Bertz CT molecular complexity index is 314. The summed E-state index contributed by atoms with van der Waals surface area (Å²) in [6, 6.07) is 5.47. The zero-order valence-corrected chi connectivity index (χ0v) is 8.20. The maximum absolute atomic E-state index is 12.5. The number of halogens is 1. The van der Waals surface area contributed by atoms with E-state index in [-0.39, 0.29) is 18.3 Å². The summed E-state index contributed by atoms with van der Waals surface area (Å²) in [4.78, 5) is 11.1. The van der Waals surface area contributed by atoms with E-state index in [2.05, 4.69) is 5.32 Å². The van der Waals surface area contributed by atoms with Crippen molar-refractivity contribution < 1.29 is 13.9 Å². The minimum Gasteiger partial charge on any atom is -0.484 e. The minimum atomic E-state index is -0.338. The maximum Gasteiger partial charge on any atom is 0.257 e. The van der Waals surface area contributed by atoms with Gasteiger partial charge < -0.3 is 15.8 Å². The Morgan fingerprint density at radius 1 is 1.40 bits per heavy atom. The van der Waals surface area contributed by atoms with E-state index < -0.39 is 0 Å². The van der Waals surface area contributed by atoms with Crippen LogP contribution in [0, 0.1) is 5.82 Å². The van der Waals surface area contributed by atoms with Crippen molar-refractivity contribution in [3.05, 3.63) is 30.1 Å². The van der Waals surface area contributed by atoms with Crippen LogP contribution in [0.3, 0.4) is 0 Å². The Morgan fingerprint density at radius 3 is 2.67 bits per heavy atom. The van der Waals surface area contributed by atoms with Crippen molar-refractivity contribution in [1.82, 2.24) is 5.32 Å². The quantitative estimate of drug-likeness (QED) is 0.736. The molecule has 0 fully saturated rings. The minimum absolute atomic E-state index is 0.0916. The van der Waals surface area contributed by atoms with Crippen LogP contribution in [0.4, 0.5) is 4.39 Å². The molecule has 0 radical (unpaired) electrons. The summed E-state index contributed by atoms with van der Waals surface area (Å²) < 4.78 is 17.6. The SMILES string of the molecule is NCCNC(=O)COc1ccc(F)cc1. The van der Waals surface area contributed by atoms with Gasteiger partial charge >= 0.3 is 0 Å². The molecule has 3 N–H and O–H groups in total. The molecule has 0 spiro atoms. The molecule has 0 unspecified atom stereocenters. The normalized spacial score (nSPS) is 9.73. The second-order valence-corrected chi connectivity index (χ2v) is 2.88. The summed E-state index contributed by atoms with van der Waals surface area (Å²) >= 11 is 0. The zero-order chi connectivity index (χ0) is 11.1. The van der Waals surface area contributed by atoms with Crippen LogP contribution < -0.4 is 15.8 Å². The van der Waals surface area contributed by atoms with Crippen LogP contribution in [0.5, 0.6) is 5.75 Å². The molecule has 0 heterocycles. The Hall–Kier alpha value is -1.62. The van der Waals surface area contributed by atoms with Gasteiger partial charge in [0.15, 0.2) is 6.61 Å². The Labute approximate surface area is 87.2 Å². The van der Waals surface area contributed by atoms with Gasteiger partial charge in [-0.3, -0.25) is 4.79 Å².